The third-order valence-electron chi connectivity index (χ3n) is 4.75. The first-order valence-electron chi connectivity index (χ1n) is 8.53. The molecule has 3 heterocycles. The molecule has 1 aliphatic rings. The predicted octanol–water partition coefficient (Wildman–Crippen LogP) is 2.77. The molecule has 1 atom stereocenters. The monoisotopic (exact) mass is 339 g/mol. The van der Waals surface area contributed by atoms with E-state index in [0.29, 0.717) is 25.5 Å². The van der Waals surface area contributed by atoms with Crippen LogP contribution in [-0.2, 0) is 24.8 Å². The Bertz CT molecular complexity index is 879. The van der Waals surface area contributed by atoms with E-state index in [4.69, 9.17) is 9.15 Å². The number of aromatic nitrogens is 2. The van der Waals surface area contributed by atoms with Crippen molar-refractivity contribution in [1.29, 1.82) is 0 Å². The average molecular weight is 339 g/mol. The maximum Gasteiger partial charge on any atom is 0.290 e. The van der Waals surface area contributed by atoms with Gasteiger partial charge in [-0.05, 0) is 19.1 Å². The number of furan rings is 1. The predicted molar refractivity (Wildman–Crippen MR) is 93.3 cm³/mol. The molecule has 0 unspecified atom stereocenters. The lowest BCUT2D eigenvalue weighted by atomic mass is 10.0. The molecule has 3 aromatic rings. The average Bonchev–Trinajstić information content (AvgIpc) is 3.22. The maximum absolute atomic E-state index is 13.1. The lowest BCUT2D eigenvalue weighted by Crippen LogP contribution is -2.47. The van der Waals surface area contributed by atoms with Gasteiger partial charge < -0.3 is 18.6 Å². The zero-order valence-electron chi connectivity index (χ0n) is 14.4. The first kappa shape index (κ1) is 15.9. The summed E-state index contributed by atoms with van der Waals surface area (Å²) in [6, 6.07) is 9.44. The minimum atomic E-state index is -0.114. The Balaban J connectivity index is 1.66. The molecule has 0 aliphatic carbocycles. The second-order valence-corrected chi connectivity index (χ2v) is 6.35. The summed E-state index contributed by atoms with van der Waals surface area (Å²) >= 11 is 0. The Morgan fingerprint density at radius 2 is 2.24 bits per heavy atom. The van der Waals surface area contributed by atoms with E-state index in [9.17, 15) is 4.79 Å². The van der Waals surface area contributed by atoms with Crippen molar-refractivity contribution in [2.45, 2.75) is 25.9 Å². The molecule has 1 aliphatic heterocycles. The van der Waals surface area contributed by atoms with Crippen LogP contribution >= 0.6 is 0 Å². The molecule has 1 amide bonds. The number of para-hydroxylation sites is 1. The van der Waals surface area contributed by atoms with Crippen LogP contribution in [0.15, 0.2) is 41.1 Å². The number of aryl methyl sites for hydroxylation is 1. The number of rotatable bonds is 4. The molecule has 6 nitrogen and oxygen atoms in total. The van der Waals surface area contributed by atoms with E-state index in [1.165, 1.54) is 5.69 Å². The van der Waals surface area contributed by atoms with E-state index in [1.54, 1.807) is 6.33 Å². The summed E-state index contributed by atoms with van der Waals surface area (Å²) in [5.74, 6) is 0.249. The normalized spacial score (nSPS) is 17.0. The van der Waals surface area contributed by atoms with Gasteiger partial charge in [0.25, 0.3) is 5.91 Å². The Kier molecular flexibility index (Phi) is 4.05. The molecular formula is C19H21N3O3. The number of amides is 1. The maximum atomic E-state index is 13.1. The summed E-state index contributed by atoms with van der Waals surface area (Å²) in [6.07, 6.45) is 2.54. The van der Waals surface area contributed by atoms with Crippen LogP contribution in [0.4, 0.5) is 0 Å². The van der Waals surface area contributed by atoms with E-state index in [0.717, 1.165) is 23.1 Å². The molecule has 0 saturated carbocycles. The molecule has 6 heteroatoms. The number of carbonyl (C=O) groups excluding carboxylic acids is 1. The van der Waals surface area contributed by atoms with Crippen LogP contribution in [0.5, 0.6) is 0 Å². The molecular weight excluding hydrogens is 318 g/mol. The topological polar surface area (TPSA) is 60.5 Å². The smallest absolute Gasteiger partial charge is 0.290 e. The second kappa shape index (κ2) is 6.37. The Hall–Kier alpha value is -2.60. The van der Waals surface area contributed by atoms with Crippen molar-refractivity contribution in [1.82, 2.24) is 14.5 Å². The van der Waals surface area contributed by atoms with Crippen LogP contribution in [0.1, 0.15) is 28.9 Å². The number of hydrogen-bond donors (Lipinski definition) is 0. The Morgan fingerprint density at radius 1 is 1.40 bits per heavy atom. The van der Waals surface area contributed by atoms with Gasteiger partial charge in [0.05, 0.1) is 31.2 Å². The van der Waals surface area contributed by atoms with Crippen molar-refractivity contribution >= 4 is 16.9 Å². The lowest BCUT2D eigenvalue weighted by Gasteiger charge is -2.34. The summed E-state index contributed by atoms with van der Waals surface area (Å²) in [5.41, 5.74) is 2.83. The highest BCUT2D eigenvalue weighted by molar-refractivity contribution is 5.96. The van der Waals surface area contributed by atoms with Gasteiger partial charge in [0.2, 0.25) is 0 Å². The van der Waals surface area contributed by atoms with Gasteiger partial charge in [-0.1, -0.05) is 18.2 Å². The Labute approximate surface area is 146 Å². The zero-order chi connectivity index (χ0) is 17.4. The molecule has 4 rings (SSSR count). The van der Waals surface area contributed by atoms with Crippen molar-refractivity contribution in [3.8, 4) is 0 Å². The van der Waals surface area contributed by atoms with Gasteiger partial charge in [-0.15, -0.1) is 0 Å². The van der Waals surface area contributed by atoms with E-state index in [1.807, 2.05) is 53.8 Å². The standard InChI is InChI=1S/C19H21N3O3/c1-3-24-11-14-9-16-15(20-12-21(16)2)10-22(14)19(23)18-8-13-6-4-5-7-17(13)25-18/h4-8,12,14H,3,9-11H2,1-2H3/t14-/m0/s1. The fourth-order valence-electron chi connectivity index (χ4n) is 3.39. The van der Waals surface area contributed by atoms with Crippen molar-refractivity contribution in [3.63, 3.8) is 0 Å². The molecule has 0 spiro atoms. The molecule has 0 N–H and O–H groups in total. The Morgan fingerprint density at radius 3 is 3.04 bits per heavy atom. The number of hydrogen-bond acceptors (Lipinski definition) is 4. The quantitative estimate of drug-likeness (QED) is 0.733. The molecule has 0 bridgehead atoms. The largest absolute Gasteiger partial charge is 0.451 e. The summed E-state index contributed by atoms with van der Waals surface area (Å²) in [6.45, 7) is 3.57. The molecule has 130 valence electrons. The van der Waals surface area contributed by atoms with Crippen LogP contribution in [-0.4, -0.2) is 39.6 Å². The summed E-state index contributed by atoms with van der Waals surface area (Å²) < 4.78 is 13.4. The van der Waals surface area contributed by atoms with Crippen LogP contribution in [0.3, 0.4) is 0 Å². The van der Waals surface area contributed by atoms with E-state index < -0.39 is 0 Å². The summed E-state index contributed by atoms with van der Waals surface area (Å²) in [4.78, 5) is 19.4. The SMILES string of the molecule is CCOC[C@@H]1Cc2c(ncn2C)CN1C(=O)c1cc2ccccc2o1. The van der Waals surface area contributed by atoms with Gasteiger partial charge in [-0.2, -0.15) is 0 Å². The van der Waals surface area contributed by atoms with Crippen molar-refractivity contribution in [3.05, 3.63) is 53.8 Å². The summed E-state index contributed by atoms with van der Waals surface area (Å²) in [7, 11) is 1.99. The minimum absolute atomic E-state index is 0.0245. The molecule has 25 heavy (non-hydrogen) atoms. The van der Waals surface area contributed by atoms with E-state index >= 15 is 0 Å². The van der Waals surface area contributed by atoms with E-state index in [-0.39, 0.29) is 11.9 Å². The molecule has 2 aromatic heterocycles. The number of carbonyl (C=O) groups is 1. The second-order valence-electron chi connectivity index (χ2n) is 6.35. The molecule has 1 aromatic carbocycles. The van der Waals surface area contributed by atoms with Gasteiger partial charge in [0.15, 0.2) is 5.76 Å². The van der Waals surface area contributed by atoms with Crippen molar-refractivity contribution in [2.24, 2.45) is 7.05 Å². The molecule has 0 radical (unpaired) electrons. The number of ether oxygens (including phenoxy) is 1. The highest BCUT2D eigenvalue weighted by atomic mass is 16.5. The van der Waals surface area contributed by atoms with Crippen molar-refractivity contribution in [2.75, 3.05) is 13.2 Å². The fraction of sp³-hybridized carbons (Fsp3) is 0.368. The number of nitrogens with zero attached hydrogens (tertiary/aromatic N) is 3. The lowest BCUT2D eigenvalue weighted by molar-refractivity contribution is 0.0364. The van der Waals surface area contributed by atoms with Crippen LogP contribution < -0.4 is 0 Å². The van der Waals surface area contributed by atoms with Gasteiger partial charge in [-0.25, -0.2) is 4.98 Å². The minimum Gasteiger partial charge on any atom is -0.451 e. The first-order valence-corrected chi connectivity index (χ1v) is 8.53. The number of imidazole rings is 1. The highest BCUT2D eigenvalue weighted by Gasteiger charge is 2.34. The van der Waals surface area contributed by atoms with E-state index in [2.05, 4.69) is 4.98 Å². The van der Waals surface area contributed by atoms with Gasteiger partial charge in [0, 0.05) is 31.2 Å². The third-order valence-corrected chi connectivity index (χ3v) is 4.75. The fourth-order valence-corrected chi connectivity index (χ4v) is 3.39. The van der Waals surface area contributed by atoms with Gasteiger partial charge >= 0.3 is 0 Å². The first-order chi connectivity index (χ1) is 12.2. The number of fused-ring (bicyclic) bond motifs is 2. The van der Waals surface area contributed by atoms with Crippen molar-refractivity contribution < 1.29 is 13.9 Å². The van der Waals surface area contributed by atoms with Gasteiger partial charge in [-0.3, -0.25) is 4.79 Å². The number of benzene rings is 1. The molecule has 0 saturated heterocycles. The zero-order valence-corrected chi connectivity index (χ0v) is 14.4. The molecule has 0 fully saturated rings. The third kappa shape index (κ3) is 2.82. The van der Waals surface area contributed by atoms with Crippen LogP contribution in [0.2, 0.25) is 0 Å². The highest BCUT2D eigenvalue weighted by Crippen LogP contribution is 2.26. The van der Waals surface area contributed by atoms with Crippen LogP contribution in [0, 0.1) is 0 Å². The van der Waals surface area contributed by atoms with Crippen LogP contribution in [0.25, 0.3) is 11.0 Å². The van der Waals surface area contributed by atoms with Gasteiger partial charge in [0.1, 0.15) is 5.58 Å². The summed E-state index contributed by atoms with van der Waals surface area (Å²) in [5, 5.41) is 0.933.